The summed E-state index contributed by atoms with van der Waals surface area (Å²) in [4.78, 5) is 11.0. The van der Waals surface area contributed by atoms with Crippen LogP contribution in [0, 0.1) is 0 Å². The predicted molar refractivity (Wildman–Crippen MR) is 56.3 cm³/mol. The van der Waals surface area contributed by atoms with E-state index < -0.39 is 0 Å². The molecule has 0 aliphatic heterocycles. The molecule has 0 aliphatic carbocycles. The summed E-state index contributed by atoms with van der Waals surface area (Å²) in [5.74, 6) is 0.498. The molecular formula is C10H15O2P. The minimum absolute atomic E-state index is 0.00778. The van der Waals surface area contributed by atoms with Gasteiger partial charge in [-0.15, -0.1) is 0 Å². The zero-order valence-corrected chi connectivity index (χ0v) is 9.23. The van der Waals surface area contributed by atoms with Gasteiger partial charge >= 0.3 is 0 Å². The van der Waals surface area contributed by atoms with E-state index in [9.17, 15) is 4.79 Å². The molecule has 0 unspecified atom stereocenters. The van der Waals surface area contributed by atoms with Crippen LogP contribution >= 0.6 is 7.92 Å². The molecule has 3 heteroatoms. The second-order valence-corrected chi connectivity index (χ2v) is 5.65. The molecule has 0 N–H and O–H groups in total. The number of carbonyl (C=O) groups is 1. The summed E-state index contributed by atoms with van der Waals surface area (Å²) in [6.07, 6.45) is 2.24. The highest BCUT2D eigenvalue weighted by Crippen LogP contribution is 2.33. The van der Waals surface area contributed by atoms with Crippen LogP contribution in [-0.4, -0.2) is 18.1 Å². The van der Waals surface area contributed by atoms with Crippen molar-refractivity contribution in [1.82, 2.24) is 0 Å². The van der Waals surface area contributed by atoms with Gasteiger partial charge in [-0.2, -0.15) is 0 Å². The van der Waals surface area contributed by atoms with E-state index in [4.69, 9.17) is 4.42 Å². The average Bonchev–Trinajstić information content (AvgIpc) is 2.56. The molecule has 0 amide bonds. The Morgan fingerprint density at radius 1 is 1.38 bits per heavy atom. The minimum Gasteiger partial charge on any atom is -0.453 e. The number of hydrogen-bond donors (Lipinski definition) is 0. The Bertz CT molecular complexity index is 287. The summed E-state index contributed by atoms with van der Waals surface area (Å²) in [5.41, 5.74) is 1.00. The van der Waals surface area contributed by atoms with Crippen molar-refractivity contribution >= 4 is 19.2 Å². The topological polar surface area (TPSA) is 30.2 Å². The molecule has 1 aromatic rings. The highest BCUT2D eigenvalue weighted by molar-refractivity contribution is 7.65. The van der Waals surface area contributed by atoms with Crippen LogP contribution in [0.4, 0.5) is 0 Å². The number of carbonyl (C=O) groups excluding carboxylic acids is 1. The van der Waals surface area contributed by atoms with Gasteiger partial charge in [0.25, 0.3) is 0 Å². The van der Waals surface area contributed by atoms with E-state index in [-0.39, 0.29) is 13.7 Å². The van der Waals surface area contributed by atoms with E-state index in [1.54, 1.807) is 6.07 Å². The van der Waals surface area contributed by atoms with Crippen LogP contribution in [0.2, 0.25) is 0 Å². The number of furan rings is 1. The normalized spacial score (nSPS) is 10.8. The average molecular weight is 198 g/mol. The maximum absolute atomic E-state index is 11.0. The van der Waals surface area contributed by atoms with Gasteiger partial charge in [-0.1, -0.05) is 13.8 Å². The van der Waals surface area contributed by atoms with Crippen molar-refractivity contribution in [3.05, 3.63) is 17.9 Å². The standard InChI is InChI=1S/C10H15O2P/c1-4-13(5-2)10-7-6-9(12-10)8(3)11/h6-7H,4-5H2,1-3H3. The van der Waals surface area contributed by atoms with Gasteiger partial charge < -0.3 is 4.42 Å². The fourth-order valence-corrected chi connectivity index (χ4v) is 2.81. The highest BCUT2D eigenvalue weighted by Gasteiger charge is 2.12. The van der Waals surface area contributed by atoms with Crippen molar-refractivity contribution in [2.45, 2.75) is 20.8 Å². The van der Waals surface area contributed by atoms with E-state index in [0.717, 1.165) is 17.8 Å². The number of Topliss-reactive ketones (excluding diaryl/α,β-unsaturated/α-hetero) is 1. The van der Waals surface area contributed by atoms with Gasteiger partial charge in [-0.05, 0) is 32.4 Å². The Balaban J connectivity index is 2.84. The summed E-state index contributed by atoms with van der Waals surface area (Å²) in [7, 11) is -0.174. The highest BCUT2D eigenvalue weighted by atomic mass is 31.1. The van der Waals surface area contributed by atoms with Crippen LogP contribution in [0.3, 0.4) is 0 Å². The first-order valence-electron chi connectivity index (χ1n) is 4.54. The summed E-state index contributed by atoms with van der Waals surface area (Å²) in [5, 5.41) is 0. The smallest absolute Gasteiger partial charge is 0.194 e. The zero-order chi connectivity index (χ0) is 9.84. The second-order valence-electron chi connectivity index (χ2n) is 2.87. The number of hydrogen-bond acceptors (Lipinski definition) is 2. The van der Waals surface area contributed by atoms with E-state index >= 15 is 0 Å². The van der Waals surface area contributed by atoms with Gasteiger partial charge in [0.1, 0.15) is 5.50 Å². The first kappa shape index (κ1) is 10.5. The molecule has 0 aliphatic rings. The Kier molecular flexibility index (Phi) is 3.68. The summed E-state index contributed by atoms with van der Waals surface area (Å²) in [6.45, 7) is 5.85. The van der Waals surface area contributed by atoms with Crippen LogP contribution in [0.15, 0.2) is 16.5 Å². The van der Waals surface area contributed by atoms with Gasteiger partial charge in [0, 0.05) is 6.92 Å². The zero-order valence-electron chi connectivity index (χ0n) is 8.33. The molecule has 1 heterocycles. The SMILES string of the molecule is CCP(CC)c1ccc(C(C)=O)o1. The molecule has 0 saturated heterocycles. The lowest BCUT2D eigenvalue weighted by molar-refractivity contribution is 0.0989. The number of ketones is 1. The van der Waals surface area contributed by atoms with Gasteiger partial charge in [0.2, 0.25) is 0 Å². The Morgan fingerprint density at radius 3 is 2.38 bits per heavy atom. The van der Waals surface area contributed by atoms with Crippen molar-refractivity contribution in [2.24, 2.45) is 0 Å². The fraction of sp³-hybridized carbons (Fsp3) is 0.500. The first-order chi connectivity index (χ1) is 6.19. The summed E-state index contributed by atoms with van der Waals surface area (Å²) < 4.78 is 5.47. The molecule has 0 bridgehead atoms. The second kappa shape index (κ2) is 4.57. The summed E-state index contributed by atoms with van der Waals surface area (Å²) in [6, 6.07) is 3.72. The molecule has 1 aromatic heterocycles. The van der Waals surface area contributed by atoms with E-state index in [0.29, 0.717) is 5.76 Å². The molecular weight excluding hydrogens is 183 g/mol. The van der Waals surface area contributed by atoms with Crippen molar-refractivity contribution in [3.63, 3.8) is 0 Å². The lowest BCUT2D eigenvalue weighted by atomic mass is 10.3. The van der Waals surface area contributed by atoms with Crippen LogP contribution in [0.1, 0.15) is 31.3 Å². The van der Waals surface area contributed by atoms with E-state index in [1.165, 1.54) is 6.92 Å². The molecule has 0 radical (unpaired) electrons. The molecule has 0 spiro atoms. The number of rotatable bonds is 4. The molecule has 2 nitrogen and oxygen atoms in total. The third kappa shape index (κ3) is 2.41. The lowest BCUT2D eigenvalue weighted by Gasteiger charge is -2.08. The van der Waals surface area contributed by atoms with Crippen molar-refractivity contribution in [3.8, 4) is 0 Å². The quantitative estimate of drug-likeness (QED) is 0.550. The van der Waals surface area contributed by atoms with Crippen molar-refractivity contribution < 1.29 is 9.21 Å². The maximum Gasteiger partial charge on any atom is 0.194 e. The summed E-state index contributed by atoms with van der Waals surface area (Å²) >= 11 is 0. The molecule has 0 aromatic carbocycles. The minimum atomic E-state index is -0.174. The molecule has 13 heavy (non-hydrogen) atoms. The molecule has 0 saturated carbocycles. The molecule has 72 valence electrons. The largest absolute Gasteiger partial charge is 0.453 e. The van der Waals surface area contributed by atoms with Crippen LogP contribution in [0.5, 0.6) is 0 Å². The van der Waals surface area contributed by atoms with Crippen LogP contribution in [-0.2, 0) is 0 Å². The Morgan fingerprint density at radius 2 is 2.00 bits per heavy atom. The van der Waals surface area contributed by atoms with Gasteiger partial charge in [-0.25, -0.2) is 0 Å². The Hall–Kier alpha value is -0.620. The third-order valence-corrected chi connectivity index (χ3v) is 4.40. The van der Waals surface area contributed by atoms with Crippen molar-refractivity contribution in [1.29, 1.82) is 0 Å². The molecule has 1 rings (SSSR count). The fourth-order valence-electron chi connectivity index (χ4n) is 1.22. The van der Waals surface area contributed by atoms with E-state index in [1.807, 2.05) is 6.07 Å². The molecule has 0 fully saturated rings. The Labute approximate surface area is 80.1 Å². The first-order valence-corrected chi connectivity index (χ1v) is 6.26. The van der Waals surface area contributed by atoms with Crippen LogP contribution in [0.25, 0.3) is 0 Å². The van der Waals surface area contributed by atoms with E-state index in [2.05, 4.69) is 13.8 Å². The monoisotopic (exact) mass is 198 g/mol. The van der Waals surface area contributed by atoms with Crippen LogP contribution < -0.4 is 5.50 Å². The van der Waals surface area contributed by atoms with Gasteiger partial charge in [0.05, 0.1) is 0 Å². The lowest BCUT2D eigenvalue weighted by Crippen LogP contribution is -2.00. The van der Waals surface area contributed by atoms with Gasteiger partial charge in [0.15, 0.2) is 11.5 Å². The third-order valence-electron chi connectivity index (χ3n) is 2.01. The van der Waals surface area contributed by atoms with Gasteiger partial charge in [-0.3, -0.25) is 4.79 Å². The molecule has 0 atom stereocenters. The predicted octanol–water partition coefficient (Wildman–Crippen LogP) is 2.63. The van der Waals surface area contributed by atoms with Crippen molar-refractivity contribution in [2.75, 3.05) is 12.3 Å². The maximum atomic E-state index is 11.0.